The summed E-state index contributed by atoms with van der Waals surface area (Å²) in [5.41, 5.74) is -6.77. The van der Waals surface area contributed by atoms with Gasteiger partial charge in [0.05, 0.1) is 11.1 Å². The van der Waals surface area contributed by atoms with E-state index in [1.54, 1.807) is 0 Å². The first kappa shape index (κ1) is 20.2. The highest BCUT2D eigenvalue weighted by molar-refractivity contribution is 7.90. The molecule has 5 nitrogen and oxygen atoms in total. The summed E-state index contributed by atoms with van der Waals surface area (Å²) in [6.45, 7) is 0.259. The average molecular weight is 379 g/mol. The lowest BCUT2D eigenvalue weighted by atomic mass is 10.1. The third-order valence-electron chi connectivity index (χ3n) is 2.62. The van der Waals surface area contributed by atoms with E-state index in [-0.39, 0.29) is 5.56 Å². The maximum absolute atomic E-state index is 12.4. The molecule has 0 bridgehead atoms. The van der Waals surface area contributed by atoms with Crippen molar-refractivity contribution in [3.8, 4) is 0 Å². The standard InChI is InChI=1S/C12H11F6NO4S/c1-7(6-19-24(21,22)12(16,17)18)23-10(20)8-2-4-9(5-3-8)11(13,14)15/h2-5,7,19H,6H2,1H3. The van der Waals surface area contributed by atoms with Crippen LogP contribution >= 0.6 is 0 Å². The van der Waals surface area contributed by atoms with E-state index in [9.17, 15) is 39.6 Å². The van der Waals surface area contributed by atoms with E-state index in [0.29, 0.717) is 12.1 Å². The molecule has 0 spiro atoms. The molecule has 0 radical (unpaired) electrons. The Bertz CT molecular complexity index is 681. The van der Waals surface area contributed by atoms with E-state index < -0.39 is 45.9 Å². The molecule has 12 heteroatoms. The summed E-state index contributed by atoms with van der Waals surface area (Å²) in [4.78, 5) is 11.6. The molecule has 0 amide bonds. The minimum Gasteiger partial charge on any atom is -0.458 e. The van der Waals surface area contributed by atoms with Crippen LogP contribution in [0.15, 0.2) is 24.3 Å². The number of nitrogens with one attached hydrogen (secondary N) is 1. The number of alkyl halides is 6. The van der Waals surface area contributed by atoms with Crippen molar-refractivity contribution in [2.75, 3.05) is 6.54 Å². The Morgan fingerprint density at radius 3 is 2.04 bits per heavy atom. The van der Waals surface area contributed by atoms with Gasteiger partial charge >= 0.3 is 27.7 Å². The number of sulfonamides is 1. The normalized spacial score (nSPS) is 14.3. The molecule has 0 aliphatic heterocycles. The SMILES string of the molecule is CC(CNS(=O)(=O)C(F)(F)F)OC(=O)c1ccc(C(F)(F)F)cc1. The van der Waals surface area contributed by atoms with Gasteiger partial charge in [0.15, 0.2) is 0 Å². The molecule has 0 aliphatic rings. The molecule has 1 aromatic rings. The second-order valence-corrected chi connectivity index (χ2v) is 6.35. The first-order valence-electron chi connectivity index (χ1n) is 6.18. The number of ether oxygens (including phenoxy) is 1. The fourth-order valence-corrected chi connectivity index (χ4v) is 2.01. The van der Waals surface area contributed by atoms with E-state index >= 15 is 0 Å². The van der Waals surface area contributed by atoms with Gasteiger partial charge in [-0.2, -0.15) is 26.3 Å². The van der Waals surface area contributed by atoms with Crippen LogP contribution < -0.4 is 4.72 Å². The van der Waals surface area contributed by atoms with Crippen molar-refractivity contribution in [3.63, 3.8) is 0 Å². The van der Waals surface area contributed by atoms with Crippen LogP contribution in [0.25, 0.3) is 0 Å². The lowest BCUT2D eigenvalue weighted by Crippen LogP contribution is -2.40. The van der Waals surface area contributed by atoms with E-state index in [2.05, 4.69) is 4.74 Å². The summed E-state index contributed by atoms with van der Waals surface area (Å²) in [5, 5.41) is 0. The van der Waals surface area contributed by atoms with Crippen LogP contribution in [0, 0.1) is 0 Å². The van der Waals surface area contributed by atoms with Crippen LogP contribution in [0.2, 0.25) is 0 Å². The fraction of sp³-hybridized carbons (Fsp3) is 0.417. The van der Waals surface area contributed by atoms with Gasteiger partial charge in [0.2, 0.25) is 0 Å². The number of carbonyl (C=O) groups excluding carboxylic acids is 1. The molecular weight excluding hydrogens is 368 g/mol. The summed E-state index contributed by atoms with van der Waals surface area (Å²) in [7, 11) is -5.58. The fourth-order valence-electron chi connectivity index (χ4n) is 1.40. The highest BCUT2D eigenvalue weighted by atomic mass is 32.2. The van der Waals surface area contributed by atoms with Gasteiger partial charge in [-0.25, -0.2) is 17.9 Å². The van der Waals surface area contributed by atoms with Crippen LogP contribution in [0.4, 0.5) is 26.3 Å². The number of hydrogen-bond donors (Lipinski definition) is 1. The Hall–Kier alpha value is -1.82. The van der Waals surface area contributed by atoms with Crippen LogP contribution in [-0.4, -0.2) is 32.5 Å². The number of hydrogen-bond acceptors (Lipinski definition) is 4. The molecule has 0 saturated heterocycles. The first-order valence-corrected chi connectivity index (χ1v) is 7.66. The van der Waals surface area contributed by atoms with Crippen LogP contribution in [0.3, 0.4) is 0 Å². The predicted molar refractivity (Wildman–Crippen MR) is 69.3 cm³/mol. The number of benzene rings is 1. The molecule has 1 N–H and O–H groups in total. The maximum Gasteiger partial charge on any atom is 0.511 e. The second-order valence-electron chi connectivity index (χ2n) is 4.59. The maximum atomic E-state index is 12.4. The Kier molecular flexibility index (Phi) is 5.87. The molecule has 136 valence electrons. The second kappa shape index (κ2) is 6.97. The Morgan fingerprint density at radius 1 is 1.12 bits per heavy atom. The van der Waals surface area contributed by atoms with Crippen LogP contribution in [-0.2, 0) is 20.9 Å². The smallest absolute Gasteiger partial charge is 0.458 e. The van der Waals surface area contributed by atoms with E-state index in [0.717, 1.165) is 19.1 Å². The van der Waals surface area contributed by atoms with Crippen molar-refractivity contribution in [1.29, 1.82) is 0 Å². The van der Waals surface area contributed by atoms with Gasteiger partial charge in [0.25, 0.3) is 0 Å². The van der Waals surface area contributed by atoms with Crippen molar-refractivity contribution in [2.45, 2.75) is 24.7 Å². The highest BCUT2D eigenvalue weighted by Crippen LogP contribution is 2.29. The summed E-state index contributed by atoms with van der Waals surface area (Å²) in [6.07, 6.45) is -5.87. The number of esters is 1. The lowest BCUT2D eigenvalue weighted by molar-refractivity contribution is -0.137. The van der Waals surface area contributed by atoms with Gasteiger partial charge in [-0.1, -0.05) is 0 Å². The zero-order valence-corrected chi connectivity index (χ0v) is 12.7. The number of carbonyl (C=O) groups is 1. The lowest BCUT2D eigenvalue weighted by Gasteiger charge is -2.15. The molecule has 0 fully saturated rings. The molecule has 0 aromatic heterocycles. The molecular formula is C12H11F6NO4S. The molecule has 1 atom stereocenters. The van der Waals surface area contributed by atoms with Gasteiger partial charge < -0.3 is 4.74 Å². The monoisotopic (exact) mass is 379 g/mol. The third-order valence-corrected chi connectivity index (χ3v) is 3.78. The number of halogens is 6. The third kappa shape index (κ3) is 5.37. The molecule has 1 unspecified atom stereocenters. The zero-order valence-electron chi connectivity index (χ0n) is 11.9. The van der Waals surface area contributed by atoms with Gasteiger partial charge in [0, 0.05) is 6.54 Å². The van der Waals surface area contributed by atoms with E-state index in [4.69, 9.17) is 0 Å². The largest absolute Gasteiger partial charge is 0.511 e. The average Bonchev–Trinajstić information content (AvgIpc) is 2.43. The van der Waals surface area contributed by atoms with Gasteiger partial charge in [-0.3, -0.25) is 0 Å². The minimum absolute atomic E-state index is 0.270. The number of rotatable bonds is 5. The Balaban J connectivity index is 2.65. The zero-order chi connectivity index (χ0) is 18.8. The van der Waals surface area contributed by atoms with Crippen molar-refractivity contribution in [1.82, 2.24) is 4.72 Å². The predicted octanol–water partition coefficient (Wildman–Crippen LogP) is 2.69. The summed E-state index contributed by atoms with van der Waals surface area (Å²) in [6, 6.07) is 2.93. The highest BCUT2D eigenvalue weighted by Gasteiger charge is 2.45. The summed E-state index contributed by atoms with van der Waals surface area (Å²) in [5.74, 6) is -1.11. The summed E-state index contributed by atoms with van der Waals surface area (Å²) < 4.78 is 101. The minimum atomic E-state index is -5.58. The van der Waals surface area contributed by atoms with Gasteiger partial charge in [0.1, 0.15) is 6.10 Å². The van der Waals surface area contributed by atoms with Crippen molar-refractivity contribution >= 4 is 16.0 Å². The van der Waals surface area contributed by atoms with E-state index in [1.165, 1.54) is 4.72 Å². The summed E-state index contributed by atoms with van der Waals surface area (Å²) >= 11 is 0. The molecule has 1 rings (SSSR count). The molecule has 1 aromatic carbocycles. The first-order chi connectivity index (χ1) is 10.7. The van der Waals surface area contributed by atoms with Crippen LogP contribution in [0.1, 0.15) is 22.8 Å². The molecule has 24 heavy (non-hydrogen) atoms. The van der Waals surface area contributed by atoms with Gasteiger partial charge in [-0.15, -0.1) is 0 Å². The topological polar surface area (TPSA) is 72.5 Å². The van der Waals surface area contributed by atoms with Crippen molar-refractivity contribution in [2.24, 2.45) is 0 Å². The molecule has 0 aliphatic carbocycles. The molecule has 0 saturated carbocycles. The Labute approximate surface area is 132 Å². The quantitative estimate of drug-likeness (QED) is 0.631. The Morgan fingerprint density at radius 2 is 1.62 bits per heavy atom. The van der Waals surface area contributed by atoms with Crippen molar-refractivity contribution in [3.05, 3.63) is 35.4 Å². The van der Waals surface area contributed by atoms with Crippen molar-refractivity contribution < 1.29 is 44.3 Å². The van der Waals surface area contributed by atoms with Gasteiger partial charge in [-0.05, 0) is 31.2 Å². The van der Waals surface area contributed by atoms with E-state index in [1.807, 2.05) is 0 Å². The molecule has 0 heterocycles. The van der Waals surface area contributed by atoms with Crippen LogP contribution in [0.5, 0.6) is 0 Å².